The van der Waals surface area contributed by atoms with Crippen LogP contribution in [0, 0.1) is 0 Å². The highest BCUT2D eigenvalue weighted by Gasteiger charge is 2.41. The lowest BCUT2D eigenvalue weighted by Gasteiger charge is -2.10. The van der Waals surface area contributed by atoms with Gasteiger partial charge >= 0.3 is 5.97 Å². The highest BCUT2D eigenvalue weighted by molar-refractivity contribution is 6.37. The van der Waals surface area contributed by atoms with Crippen molar-refractivity contribution < 1.29 is 19.4 Å². The highest BCUT2D eigenvalue weighted by Crippen LogP contribution is 2.18. The SMILES string of the molecule is CCCCCCC1OC(=O)C(=O)C1O. The number of aliphatic hydroxyl groups is 1. The van der Waals surface area contributed by atoms with Crippen LogP contribution in [0.1, 0.15) is 39.0 Å². The van der Waals surface area contributed by atoms with Crippen molar-refractivity contribution in [2.75, 3.05) is 0 Å². The molecule has 0 radical (unpaired) electrons. The summed E-state index contributed by atoms with van der Waals surface area (Å²) >= 11 is 0. The number of aliphatic hydroxyl groups excluding tert-OH is 1. The molecular formula is C10H16O4. The second-order valence-electron chi connectivity index (χ2n) is 3.60. The molecule has 0 amide bonds. The second-order valence-corrected chi connectivity index (χ2v) is 3.60. The number of esters is 1. The number of carbonyl (C=O) groups is 2. The molecule has 1 N–H and O–H groups in total. The topological polar surface area (TPSA) is 63.6 Å². The van der Waals surface area contributed by atoms with Crippen LogP contribution < -0.4 is 0 Å². The van der Waals surface area contributed by atoms with Gasteiger partial charge in [-0.1, -0.05) is 26.2 Å². The molecule has 14 heavy (non-hydrogen) atoms. The molecule has 4 heteroatoms. The zero-order chi connectivity index (χ0) is 10.6. The molecule has 2 atom stereocenters. The Morgan fingerprint density at radius 1 is 1.29 bits per heavy atom. The summed E-state index contributed by atoms with van der Waals surface area (Å²) in [6, 6.07) is 0. The van der Waals surface area contributed by atoms with Crippen LogP contribution in [0.15, 0.2) is 0 Å². The molecule has 80 valence electrons. The van der Waals surface area contributed by atoms with Crippen molar-refractivity contribution >= 4 is 11.8 Å². The summed E-state index contributed by atoms with van der Waals surface area (Å²) in [6.45, 7) is 2.11. The van der Waals surface area contributed by atoms with Gasteiger partial charge in [-0.3, -0.25) is 4.79 Å². The van der Waals surface area contributed by atoms with Gasteiger partial charge in [0.15, 0.2) is 6.10 Å². The van der Waals surface area contributed by atoms with Crippen molar-refractivity contribution in [1.29, 1.82) is 0 Å². The molecule has 0 aromatic heterocycles. The van der Waals surface area contributed by atoms with E-state index >= 15 is 0 Å². The summed E-state index contributed by atoms with van der Waals surface area (Å²) in [6.07, 6.45) is 2.94. The van der Waals surface area contributed by atoms with Gasteiger partial charge in [0.1, 0.15) is 6.10 Å². The predicted octanol–water partition coefficient (Wildman–Crippen LogP) is 0.812. The van der Waals surface area contributed by atoms with Gasteiger partial charge in [0, 0.05) is 0 Å². The summed E-state index contributed by atoms with van der Waals surface area (Å²) < 4.78 is 4.73. The first kappa shape index (κ1) is 11.2. The summed E-state index contributed by atoms with van der Waals surface area (Å²) in [5, 5.41) is 9.29. The lowest BCUT2D eigenvalue weighted by Crippen LogP contribution is -2.26. The van der Waals surface area contributed by atoms with Gasteiger partial charge in [-0.15, -0.1) is 0 Å². The van der Waals surface area contributed by atoms with Crippen LogP contribution >= 0.6 is 0 Å². The number of carbonyl (C=O) groups excluding carboxylic acids is 2. The van der Waals surface area contributed by atoms with Gasteiger partial charge in [-0.25, -0.2) is 4.79 Å². The first-order valence-electron chi connectivity index (χ1n) is 5.09. The lowest BCUT2D eigenvalue weighted by atomic mass is 10.0. The van der Waals surface area contributed by atoms with Crippen molar-refractivity contribution in [2.24, 2.45) is 0 Å². The van der Waals surface area contributed by atoms with Crippen molar-refractivity contribution in [3.05, 3.63) is 0 Å². The molecule has 1 heterocycles. The number of ether oxygens (including phenoxy) is 1. The lowest BCUT2D eigenvalue weighted by molar-refractivity contribution is -0.149. The average Bonchev–Trinajstić information content (AvgIpc) is 2.41. The largest absolute Gasteiger partial charge is 0.453 e. The molecule has 0 saturated carbocycles. The maximum atomic E-state index is 10.9. The molecule has 0 aromatic rings. The van der Waals surface area contributed by atoms with Gasteiger partial charge in [0.05, 0.1) is 0 Å². The number of Topliss-reactive ketones (excluding diaryl/α,β-unsaturated/α-hetero) is 1. The molecule has 0 aliphatic carbocycles. The van der Waals surface area contributed by atoms with Crippen LogP contribution in [0.5, 0.6) is 0 Å². The Labute approximate surface area is 83.2 Å². The Bertz CT molecular complexity index is 224. The number of cyclic esters (lactones) is 1. The molecular weight excluding hydrogens is 184 g/mol. The van der Waals surface area contributed by atoms with Crippen molar-refractivity contribution in [3.8, 4) is 0 Å². The van der Waals surface area contributed by atoms with E-state index in [9.17, 15) is 14.7 Å². The monoisotopic (exact) mass is 200 g/mol. The first-order chi connectivity index (χ1) is 6.66. The highest BCUT2D eigenvalue weighted by atomic mass is 16.6. The zero-order valence-corrected chi connectivity index (χ0v) is 8.36. The summed E-state index contributed by atoms with van der Waals surface area (Å²) in [5.41, 5.74) is 0. The van der Waals surface area contributed by atoms with Crippen molar-refractivity contribution in [1.82, 2.24) is 0 Å². The van der Waals surface area contributed by atoms with Crippen LogP contribution in [0.3, 0.4) is 0 Å². The number of hydrogen-bond acceptors (Lipinski definition) is 4. The van der Waals surface area contributed by atoms with E-state index in [0.29, 0.717) is 6.42 Å². The van der Waals surface area contributed by atoms with Gasteiger partial charge in [-0.05, 0) is 12.8 Å². The fourth-order valence-corrected chi connectivity index (χ4v) is 1.54. The fourth-order valence-electron chi connectivity index (χ4n) is 1.54. The molecule has 0 bridgehead atoms. The normalized spacial score (nSPS) is 26.7. The van der Waals surface area contributed by atoms with E-state index in [1.165, 1.54) is 0 Å². The molecule has 0 spiro atoms. The van der Waals surface area contributed by atoms with Gasteiger partial charge < -0.3 is 9.84 Å². The Hall–Kier alpha value is -0.900. The van der Waals surface area contributed by atoms with Crippen LogP contribution in [-0.4, -0.2) is 29.1 Å². The van der Waals surface area contributed by atoms with Gasteiger partial charge in [-0.2, -0.15) is 0 Å². The van der Waals surface area contributed by atoms with Crippen LogP contribution in [0.2, 0.25) is 0 Å². The molecule has 2 unspecified atom stereocenters. The number of hydrogen-bond donors (Lipinski definition) is 1. The third-order valence-electron chi connectivity index (χ3n) is 2.42. The smallest absolute Gasteiger partial charge is 0.377 e. The van der Waals surface area contributed by atoms with E-state index in [2.05, 4.69) is 6.92 Å². The minimum Gasteiger partial charge on any atom is -0.453 e. The molecule has 1 aliphatic rings. The molecule has 4 nitrogen and oxygen atoms in total. The molecule has 1 saturated heterocycles. The minimum atomic E-state index is -1.23. The molecule has 1 fully saturated rings. The second kappa shape index (κ2) is 5.10. The third kappa shape index (κ3) is 2.54. The van der Waals surface area contributed by atoms with E-state index in [0.717, 1.165) is 25.7 Å². The Morgan fingerprint density at radius 3 is 2.50 bits per heavy atom. The van der Waals surface area contributed by atoms with Crippen LogP contribution in [-0.2, 0) is 14.3 Å². The quantitative estimate of drug-likeness (QED) is 0.405. The van der Waals surface area contributed by atoms with Gasteiger partial charge in [0.2, 0.25) is 0 Å². The van der Waals surface area contributed by atoms with Crippen molar-refractivity contribution in [3.63, 3.8) is 0 Å². The standard InChI is InChI=1S/C10H16O4/c1-2-3-4-5-6-7-8(11)9(12)10(13)14-7/h7-8,11H,2-6H2,1H3. The summed E-state index contributed by atoms with van der Waals surface area (Å²) in [5.74, 6) is -1.69. The van der Waals surface area contributed by atoms with E-state index in [4.69, 9.17) is 4.74 Å². The number of ketones is 1. The maximum absolute atomic E-state index is 10.9. The minimum absolute atomic E-state index is 0.582. The Morgan fingerprint density at radius 2 is 2.00 bits per heavy atom. The van der Waals surface area contributed by atoms with E-state index in [1.54, 1.807) is 0 Å². The van der Waals surface area contributed by atoms with E-state index in [1.807, 2.05) is 0 Å². The summed E-state index contributed by atoms with van der Waals surface area (Å²) in [4.78, 5) is 21.6. The number of unbranched alkanes of at least 4 members (excludes halogenated alkanes) is 3. The Balaban J connectivity index is 2.26. The maximum Gasteiger partial charge on any atom is 0.377 e. The molecule has 0 aromatic carbocycles. The Kier molecular flexibility index (Phi) is 4.07. The van der Waals surface area contributed by atoms with E-state index in [-0.39, 0.29) is 0 Å². The molecule has 1 rings (SSSR count). The fraction of sp³-hybridized carbons (Fsp3) is 0.800. The first-order valence-corrected chi connectivity index (χ1v) is 5.09. The average molecular weight is 200 g/mol. The van der Waals surface area contributed by atoms with E-state index < -0.39 is 24.0 Å². The van der Waals surface area contributed by atoms with Crippen LogP contribution in [0.25, 0.3) is 0 Å². The third-order valence-corrected chi connectivity index (χ3v) is 2.42. The molecule has 1 aliphatic heterocycles. The predicted molar refractivity (Wildman–Crippen MR) is 49.7 cm³/mol. The van der Waals surface area contributed by atoms with Gasteiger partial charge in [0.25, 0.3) is 5.78 Å². The zero-order valence-electron chi connectivity index (χ0n) is 8.36. The number of rotatable bonds is 5. The van der Waals surface area contributed by atoms with Crippen LogP contribution in [0.4, 0.5) is 0 Å². The summed E-state index contributed by atoms with van der Waals surface area (Å²) in [7, 11) is 0. The van der Waals surface area contributed by atoms with Crippen molar-refractivity contribution in [2.45, 2.75) is 51.2 Å².